The van der Waals surface area contributed by atoms with Crippen LogP contribution in [0.3, 0.4) is 0 Å². The molecule has 0 aromatic carbocycles. The summed E-state index contributed by atoms with van der Waals surface area (Å²) in [5, 5.41) is 8.21. The maximum absolute atomic E-state index is 12.3. The zero-order valence-corrected chi connectivity index (χ0v) is 8.19. The van der Waals surface area contributed by atoms with Crippen molar-refractivity contribution in [2.24, 2.45) is 0 Å². The van der Waals surface area contributed by atoms with Crippen LogP contribution in [0.5, 0.6) is 0 Å². The van der Waals surface area contributed by atoms with E-state index in [9.17, 15) is 29.7 Å². The second-order valence-electron chi connectivity index (χ2n) is 2.47. The summed E-state index contributed by atoms with van der Waals surface area (Å²) in [5.41, 5.74) is 0.0116. The monoisotopic (exact) mass is 268 g/mol. The van der Waals surface area contributed by atoms with Gasteiger partial charge in [-0.05, 0) is 6.07 Å². The summed E-state index contributed by atoms with van der Waals surface area (Å²) in [6, 6.07) is 6.21. The van der Waals surface area contributed by atoms with Gasteiger partial charge in [-0.3, -0.25) is 0 Å². The molecule has 0 aliphatic rings. The van der Waals surface area contributed by atoms with Gasteiger partial charge in [0.2, 0.25) is 6.20 Å². The van der Waals surface area contributed by atoms with Crippen LogP contribution in [0, 0.1) is 11.3 Å². The Morgan fingerprint density at radius 2 is 1.50 bits per heavy atom. The molecule has 0 N–H and O–H groups in total. The van der Waals surface area contributed by atoms with Gasteiger partial charge in [-0.25, -0.2) is 0 Å². The minimum atomic E-state index is -10.7. The molecule has 0 aliphatic carbocycles. The van der Waals surface area contributed by atoms with Gasteiger partial charge in [0, 0.05) is 16.9 Å². The average molecular weight is 268 g/mol. The van der Waals surface area contributed by atoms with Crippen LogP contribution in [0.4, 0.5) is 29.7 Å². The van der Waals surface area contributed by atoms with E-state index in [1.165, 1.54) is 18.3 Å². The third-order valence-corrected chi connectivity index (χ3v) is 0.927. The molecule has 1 heterocycles. The number of pyridine rings is 1. The van der Waals surface area contributed by atoms with Crippen molar-refractivity contribution in [1.82, 2.24) is 0 Å². The Bertz CT molecular complexity index is 406. The van der Waals surface area contributed by atoms with Crippen molar-refractivity contribution in [3.05, 3.63) is 30.1 Å². The number of halogens is 7. The van der Waals surface area contributed by atoms with Gasteiger partial charge in [-0.1, -0.05) is 0 Å². The molecule has 1 aromatic heterocycles. The van der Waals surface area contributed by atoms with Crippen LogP contribution >= 0.6 is 7.81 Å². The van der Waals surface area contributed by atoms with Crippen LogP contribution in [-0.2, 0) is 0 Å². The van der Waals surface area contributed by atoms with Gasteiger partial charge in [0.05, 0.1) is 4.48 Å². The number of nitrogens with zero attached hydrogens (tertiary/aromatic N) is 2. The van der Waals surface area contributed by atoms with Gasteiger partial charge in [0.1, 0.15) is 0 Å². The predicted octanol–water partition coefficient (Wildman–Crippen LogP) is 3.96. The van der Waals surface area contributed by atoms with Crippen molar-refractivity contribution < 1.29 is 34.5 Å². The first-order valence-corrected chi connectivity index (χ1v) is 5.46. The van der Waals surface area contributed by atoms with Crippen LogP contribution < -0.4 is 4.79 Å². The zero-order valence-electron chi connectivity index (χ0n) is 7.30. The van der Waals surface area contributed by atoms with Crippen molar-refractivity contribution in [1.29, 1.82) is 5.26 Å². The molecule has 0 amide bonds. The molecule has 2 nitrogen and oxygen atoms in total. The van der Waals surface area contributed by atoms with Crippen molar-refractivity contribution in [2.45, 2.75) is 0 Å². The molecule has 0 saturated carbocycles. The van der Waals surface area contributed by atoms with Gasteiger partial charge in [0.25, 0.3) is 0 Å². The van der Waals surface area contributed by atoms with E-state index in [2.05, 4.69) is 0 Å². The predicted molar refractivity (Wildman–Crippen MR) is 41.4 cm³/mol. The van der Waals surface area contributed by atoms with Crippen LogP contribution in [-0.4, -0.2) is 0 Å². The molecule has 0 bridgehead atoms. The minimum Gasteiger partial charge on any atom is -0.186 e. The molecule has 0 atom stereocenters. The molecule has 1 aromatic rings. The topological polar surface area (TPSA) is 27.7 Å². The molecule has 10 heteroatoms. The van der Waals surface area contributed by atoms with Gasteiger partial charge < -0.3 is 0 Å². The minimum absolute atomic E-state index is 0.0116. The summed E-state index contributed by atoms with van der Waals surface area (Å²) in [6.07, 6.45) is 1.18. The second-order valence-corrected chi connectivity index (χ2v) is 4.38. The van der Waals surface area contributed by atoms with Crippen molar-refractivity contribution in [2.75, 3.05) is 0 Å². The first-order valence-electron chi connectivity index (χ1n) is 3.43. The van der Waals surface area contributed by atoms with E-state index in [0.717, 1.165) is 0 Å². The molecule has 0 fully saturated rings. The van der Waals surface area contributed by atoms with Gasteiger partial charge >= 0.3 is 38.7 Å². The molecule has 0 unspecified atom stereocenters. The maximum atomic E-state index is 12.3. The fourth-order valence-corrected chi connectivity index (χ4v) is 0.508. The Balaban J connectivity index is 0.000000293. The average Bonchev–Trinajstić information content (AvgIpc) is 1.99. The third kappa shape index (κ3) is 12.6. The zero-order chi connectivity index (χ0) is 13.1. The van der Waals surface area contributed by atoms with Crippen molar-refractivity contribution >= 4 is 7.81 Å². The van der Waals surface area contributed by atoms with E-state index in [4.69, 9.17) is 5.26 Å². The fourth-order valence-electron chi connectivity index (χ4n) is 0.508. The summed E-state index contributed by atoms with van der Waals surface area (Å²) >= 11 is 0. The van der Waals surface area contributed by atoms with E-state index < -0.39 is 7.81 Å². The number of hydrogen-bond acceptors (Lipinski definition) is 1. The summed E-state index contributed by atoms with van der Waals surface area (Å²) in [6.45, 7) is 0. The van der Waals surface area contributed by atoms with Gasteiger partial charge in [-0.15, -0.1) is 0 Å². The molecule has 1 rings (SSSR count). The van der Waals surface area contributed by atoms with E-state index in [1.807, 2.05) is 0 Å². The standard InChI is InChI=1S/C6H4FN2.F6P/c7-9-4-2-1-3-6(9)5-8;1-7(2,3,4,5)6/h1-4H;/q+1;-1. The normalized spacial score (nSPS) is 14.9. The Morgan fingerprint density at radius 1 is 1.06 bits per heavy atom. The SMILES string of the molecule is F[P-](F)(F)(F)(F)F.N#Cc1cccc[n+]1F. The van der Waals surface area contributed by atoms with Crippen LogP contribution in [0.15, 0.2) is 24.4 Å². The molecule has 92 valence electrons. The number of nitriles is 1. The Morgan fingerprint density at radius 3 is 1.75 bits per heavy atom. The van der Waals surface area contributed by atoms with E-state index >= 15 is 0 Å². The molecule has 0 aliphatic heterocycles. The van der Waals surface area contributed by atoms with Crippen LogP contribution in [0.2, 0.25) is 0 Å². The summed E-state index contributed by atoms with van der Waals surface area (Å²) < 4.78 is 71.5. The first kappa shape index (κ1) is 14.6. The van der Waals surface area contributed by atoms with Gasteiger partial charge in [0.15, 0.2) is 6.07 Å². The van der Waals surface area contributed by atoms with E-state index in [0.29, 0.717) is 0 Å². The fraction of sp³-hybridized carbons (Fsp3) is 0. The Hall–Kier alpha value is -1.42. The summed E-state index contributed by atoms with van der Waals surface area (Å²) in [4.78, 5) is 0.278. The van der Waals surface area contributed by atoms with E-state index in [1.54, 1.807) is 12.1 Å². The number of rotatable bonds is 0. The molecular weight excluding hydrogens is 264 g/mol. The Labute approximate surface area is 84.7 Å². The molecule has 0 radical (unpaired) electrons. The van der Waals surface area contributed by atoms with Crippen LogP contribution in [0.1, 0.15) is 5.69 Å². The Kier molecular flexibility index (Phi) is 3.24. The van der Waals surface area contributed by atoms with E-state index in [-0.39, 0.29) is 10.5 Å². The molecule has 0 saturated heterocycles. The molecule has 16 heavy (non-hydrogen) atoms. The number of hydrogen-bond donors (Lipinski definition) is 0. The quantitative estimate of drug-likeness (QED) is 0.517. The van der Waals surface area contributed by atoms with Crippen molar-refractivity contribution in [3.8, 4) is 6.07 Å². The smallest absolute Gasteiger partial charge is 0.186 e. The van der Waals surface area contributed by atoms with Crippen LogP contribution in [0.25, 0.3) is 0 Å². The maximum Gasteiger partial charge on any atom is 0.329 e. The first-order chi connectivity index (χ1) is 6.79. The summed E-state index contributed by atoms with van der Waals surface area (Å²) in [5.74, 6) is 0. The van der Waals surface area contributed by atoms with Crippen molar-refractivity contribution in [3.63, 3.8) is 0 Å². The molecular formula is C6H4F7N2P. The van der Waals surface area contributed by atoms with Gasteiger partial charge in [-0.2, -0.15) is 5.26 Å². The number of aromatic nitrogens is 1. The summed E-state index contributed by atoms with van der Waals surface area (Å²) in [7, 11) is -10.7. The third-order valence-electron chi connectivity index (χ3n) is 0.927. The molecule has 0 spiro atoms. The second kappa shape index (κ2) is 3.56. The largest absolute Gasteiger partial charge is 0.329 e.